The number of ether oxygens (including phenoxy) is 1. The average Bonchev–Trinajstić information content (AvgIpc) is 2.29. The van der Waals surface area contributed by atoms with E-state index in [1.165, 1.54) is 19.2 Å². The third kappa shape index (κ3) is 1.80. The van der Waals surface area contributed by atoms with Crippen LogP contribution in [-0.2, 0) is 0 Å². The Labute approximate surface area is 105 Å². The van der Waals surface area contributed by atoms with Gasteiger partial charge in [0.05, 0.1) is 12.7 Å². The minimum atomic E-state index is -0.976. The summed E-state index contributed by atoms with van der Waals surface area (Å²) in [6, 6.07) is 4.78. The van der Waals surface area contributed by atoms with Gasteiger partial charge in [0.2, 0.25) is 5.88 Å². The van der Waals surface area contributed by atoms with Crippen molar-refractivity contribution < 1.29 is 14.6 Å². The Morgan fingerprint density at radius 3 is 2.75 bits per heavy atom. The molecular weight excluding hydrogens is 323 g/mol. The highest BCUT2D eigenvalue weighted by atomic mass is 127. The average molecular weight is 330 g/mol. The molecule has 1 N–H and O–H groups in total. The zero-order chi connectivity index (χ0) is 11.7. The topological polar surface area (TPSA) is 72.3 Å². The summed E-state index contributed by atoms with van der Waals surface area (Å²) in [7, 11) is 1.48. The Morgan fingerprint density at radius 1 is 1.38 bits per heavy atom. The molecule has 0 amide bonds. The van der Waals surface area contributed by atoms with E-state index in [-0.39, 0.29) is 5.56 Å². The number of rotatable bonds is 2. The lowest BCUT2D eigenvalue weighted by molar-refractivity contribution is 0.0697. The zero-order valence-electron chi connectivity index (χ0n) is 8.27. The Bertz CT molecular complexity index is 571. The Balaban J connectivity index is 2.79. The molecule has 0 aliphatic carbocycles. The molecule has 0 saturated carbocycles. The first-order valence-electron chi connectivity index (χ1n) is 4.36. The second kappa shape index (κ2) is 4.20. The predicted octanol–water partition coefficient (Wildman–Crippen LogP) is 1.94. The van der Waals surface area contributed by atoms with Crippen molar-refractivity contribution in [3.8, 4) is 5.88 Å². The van der Waals surface area contributed by atoms with E-state index in [0.29, 0.717) is 15.0 Å². The fourth-order valence-electron chi connectivity index (χ4n) is 1.38. The highest BCUT2D eigenvalue weighted by molar-refractivity contribution is 14.1. The maximum Gasteiger partial charge on any atom is 0.335 e. The molecule has 1 aromatic carbocycles. The van der Waals surface area contributed by atoms with Crippen molar-refractivity contribution in [3.05, 3.63) is 27.5 Å². The number of hydrogen-bond acceptors (Lipinski definition) is 4. The van der Waals surface area contributed by atoms with Crippen LogP contribution in [0.3, 0.4) is 0 Å². The van der Waals surface area contributed by atoms with E-state index < -0.39 is 5.97 Å². The van der Waals surface area contributed by atoms with Gasteiger partial charge in [-0.15, -0.1) is 10.2 Å². The number of aromatic nitrogens is 2. The maximum absolute atomic E-state index is 10.9. The van der Waals surface area contributed by atoms with Gasteiger partial charge in [0.25, 0.3) is 0 Å². The number of methoxy groups -OCH3 is 1. The van der Waals surface area contributed by atoms with Gasteiger partial charge in [-0.1, -0.05) is 6.07 Å². The quantitative estimate of drug-likeness (QED) is 0.852. The van der Waals surface area contributed by atoms with Crippen LogP contribution in [0, 0.1) is 3.70 Å². The van der Waals surface area contributed by atoms with Crippen LogP contribution in [0.2, 0.25) is 0 Å². The first-order valence-corrected chi connectivity index (χ1v) is 5.44. The van der Waals surface area contributed by atoms with Crippen molar-refractivity contribution in [3.63, 3.8) is 0 Å². The Hall–Kier alpha value is -1.44. The van der Waals surface area contributed by atoms with Crippen LogP contribution in [0.5, 0.6) is 5.88 Å². The van der Waals surface area contributed by atoms with Crippen LogP contribution in [-0.4, -0.2) is 28.4 Å². The second-order valence-electron chi connectivity index (χ2n) is 3.07. The molecule has 1 aromatic heterocycles. The van der Waals surface area contributed by atoms with Gasteiger partial charge in [-0.2, -0.15) is 0 Å². The molecule has 0 spiro atoms. The normalized spacial score (nSPS) is 10.4. The number of nitrogens with zero attached hydrogens (tertiary/aromatic N) is 2. The third-order valence-corrected chi connectivity index (χ3v) is 2.94. The van der Waals surface area contributed by atoms with Crippen LogP contribution in [0.15, 0.2) is 18.2 Å². The van der Waals surface area contributed by atoms with Gasteiger partial charge in [-0.25, -0.2) is 4.79 Å². The molecule has 16 heavy (non-hydrogen) atoms. The van der Waals surface area contributed by atoms with Crippen molar-refractivity contribution in [1.82, 2.24) is 10.2 Å². The lowest BCUT2D eigenvalue weighted by Gasteiger charge is -2.05. The molecule has 0 bridgehead atoms. The molecule has 0 aliphatic rings. The lowest BCUT2D eigenvalue weighted by Crippen LogP contribution is -1.99. The first kappa shape index (κ1) is 11.1. The molecule has 2 rings (SSSR count). The molecule has 82 valence electrons. The van der Waals surface area contributed by atoms with Crippen LogP contribution < -0.4 is 4.74 Å². The van der Waals surface area contributed by atoms with E-state index in [1.807, 2.05) is 22.6 Å². The fraction of sp³-hybridized carbons (Fsp3) is 0.100. The molecule has 0 unspecified atom stereocenters. The minimum Gasteiger partial charge on any atom is -0.479 e. The van der Waals surface area contributed by atoms with Gasteiger partial charge in [0.15, 0.2) is 0 Å². The molecule has 0 aliphatic heterocycles. The molecule has 0 fully saturated rings. The predicted molar refractivity (Wildman–Crippen MR) is 65.8 cm³/mol. The highest BCUT2D eigenvalue weighted by Crippen LogP contribution is 2.26. The monoisotopic (exact) mass is 330 g/mol. The number of fused-ring (bicyclic) bond motifs is 1. The van der Waals surface area contributed by atoms with Crippen molar-refractivity contribution in [2.45, 2.75) is 0 Å². The van der Waals surface area contributed by atoms with Gasteiger partial charge < -0.3 is 9.84 Å². The molecule has 0 atom stereocenters. The standard InChI is InChI=1S/C10H7IN2O3/c1-16-9-7-4-5(10(14)15)2-3-6(7)8(11)12-13-9/h2-4H,1H3,(H,14,15). The number of aromatic carboxylic acids is 1. The van der Waals surface area contributed by atoms with Gasteiger partial charge in [0.1, 0.15) is 3.70 Å². The van der Waals surface area contributed by atoms with Gasteiger partial charge in [-0.3, -0.25) is 0 Å². The number of halogens is 1. The SMILES string of the molecule is COc1nnc(I)c2ccc(C(=O)O)cc12. The van der Waals surface area contributed by atoms with Gasteiger partial charge >= 0.3 is 5.97 Å². The van der Waals surface area contributed by atoms with Crippen LogP contribution in [0.25, 0.3) is 10.8 Å². The number of carboxylic acids is 1. The van der Waals surface area contributed by atoms with E-state index >= 15 is 0 Å². The van der Waals surface area contributed by atoms with E-state index in [1.54, 1.807) is 6.07 Å². The Morgan fingerprint density at radius 2 is 2.12 bits per heavy atom. The fourth-order valence-corrected chi connectivity index (χ4v) is 1.96. The van der Waals surface area contributed by atoms with Crippen molar-refractivity contribution in [1.29, 1.82) is 0 Å². The number of benzene rings is 1. The minimum absolute atomic E-state index is 0.203. The summed E-state index contributed by atoms with van der Waals surface area (Å²) in [5, 5.41) is 18.2. The first-order chi connectivity index (χ1) is 7.63. The van der Waals surface area contributed by atoms with Crippen LogP contribution in [0.4, 0.5) is 0 Å². The molecule has 5 nitrogen and oxygen atoms in total. The molecule has 6 heteroatoms. The summed E-state index contributed by atoms with van der Waals surface area (Å²) in [5.41, 5.74) is 0.203. The number of carboxylic acid groups (broad SMARTS) is 1. The Kier molecular flexibility index (Phi) is 2.90. The van der Waals surface area contributed by atoms with Crippen LogP contribution >= 0.6 is 22.6 Å². The van der Waals surface area contributed by atoms with Crippen molar-refractivity contribution in [2.75, 3.05) is 7.11 Å². The maximum atomic E-state index is 10.9. The third-order valence-electron chi connectivity index (χ3n) is 2.14. The zero-order valence-corrected chi connectivity index (χ0v) is 10.4. The summed E-state index contributed by atoms with van der Waals surface area (Å²) >= 11 is 2.04. The largest absolute Gasteiger partial charge is 0.479 e. The van der Waals surface area contributed by atoms with Gasteiger partial charge in [-0.05, 0) is 34.7 Å². The summed E-state index contributed by atoms with van der Waals surface area (Å²) < 4.78 is 5.76. The van der Waals surface area contributed by atoms with E-state index in [0.717, 1.165) is 5.39 Å². The molecule has 0 radical (unpaired) electrons. The van der Waals surface area contributed by atoms with Gasteiger partial charge in [0, 0.05) is 10.8 Å². The summed E-state index contributed by atoms with van der Waals surface area (Å²) in [6.45, 7) is 0. The molecule has 0 saturated heterocycles. The second-order valence-corrected chi connectivity index (χ2v) is 4.09. The lowest BCUT2D eigenvalue weighted by atomic mass is 10.1. The van der Waals surface area contributed by atoms with E-state index in [4.69, 9.17) is 9.84 Å². The number of carbonyl (C=O) groups is 1. The van der Waals surface area contributed by atoms with E-state index in [9.17, 15) is 4.79 Å². The van der Waals surface area contributed by atoms with E-state index in [2.05, 4.69) is 10.2 Å². The van der Waals surface area contributed by atoms with Crippen molar-refractivity contribution >= 4 is 39.3 Å². The molecule has 1 heterocycles. The number of hydrogen-bond donors (Lipinski definition) is 1. The highest BCUT2D eigenvalue weighted by Gasteiger charge is 2.11. The molecule has 2 aromatic rings. The van der Waals surface area contributed by atoms with Crippen molar-refractivity contribution in [2.24, 2.45) is 0 Å². The smallest absolute Gasteiger partial charge is 0.335 e. The molecular formula is C10H7IN2O3. The summed E-state index contributed by atoms with van der Waals surface area (Å²) in [6.07, 6.45) is 0. The summed E-state index contributed by atoms with van der Waals surface area (Å²) in [4.78, 5) is 10.9. The summed E-state index contributed by atoms with van der Waals surface area (Å²) in [5.74, 6) is -0.644. The van der Waals surface area contributed by atoms with Crippen LogP contribution in [0.1, 0.15) is 10.4 Å².